The van der Waals surface area contributed by atoms with Crippen LogP contribution in [0.1, 0.15) is 46.0 Å². The van der Waals surface area contributed by atoms with Crippen molar-refractivity contribution < 1.29 is 4.74 Å². The summed E-state index contributed by atoms with van der Waals surface area (Å²) in [5, 5.41) is 1.13. The first-order valence-electron chi connectivity index (χ1n) is 7.56. The molecule has 19 heavy (non-hydrogen) atoms. The fourth-order valence-corrected chi connectivity index (χ4v) is 3.52. The molecule has 0 bridgehead atoms. The minimum Gasteiger partial charge on any atom is -0.377 e. The zero-order chi connectivity index (χ0) is 13.5. The highest BCUT2D eigenvalue weighted by molar-refractivity contribution is 7.99. The molecule has 0 saturated heterocycles. The molecule has 0 N–H and O–H groups in total. The molecule has 1 aliphatic rings. The van der Waals surface area contributed by atoms with E-state index in [4.69, 9.17) is 4.74 Å². The average molecular weight is 282 g/mol. The molecule has 1 aromatic heterocycles. The number of nitrogens with zero attached hydrogens (tertiary/aromatic N) is 2. The van der Waals surface area contributed by atoms with E-state index >= 15 is 0 Å². The van der Waals surface area contributed by atoms with Crippen molar-refractivity contribution in [1.82, 2.24) is 9.55 Å². The summed E-state index contributed by atoms with van der Waals surface area (Å²) in [7, 11) is 0. The van der Waals surface area contributed by atoms with Gasteiger partial charge in [-0.05, 0) is 25.2 Å². The second-order valence-corrected chi connectivity index (χ2v) is 6.48. The highest BCUT2D eigenvalue weighted by Gasteiger charge is 2.21. The first-order valence-corrected chi connectivity index (χ1v) is 8.55. The monoisotopic (exact) mass is 282 g/mol. The van der Waals surface area contributed by atoms with Crippen molar-refractivity contribution in [1.29, 1.82) is 0 Å². The Kier molecular flexibility index (Phi) is 6.24. The summed E-state index contributed by atoms with van der Waals surface area (Å²) in [6.07, 6.45) is 10.9. The summed E-state index contributed by atoms with van der Waals surface area (Å²) >= 11 is 1.81. The fourth-order valence-electron chi connectivity index (χ4n) is 2.71. The van der Waals surface area contributed by atoms with Gasteiger partial charge in [-0.1, -0.05) is 38.5 Å². The molecule has 108 valence electrons. The van der Waals surface area contributed by atoms with E-state index in [2.05, 4.69) is 29.6 Å². The van der Waals surface area contributed by atoms with E-state index in [1.165, 1.54) is 25.7 Å². The Morgan fingerprint density at radius 2 is 2.26 bits per heavy atom. The van der Waals surface area contributed by atoms with Crippen LogP contribution in [0.4, 0.5) is 0 Å². The first-order chi connectivity index (χ1) is 9.31. The van der Waals surface area contributed by atoms with E-state index in [9.17, 15) is 0 Å². The molecule has 1 fully saturated rings. The van der Waals surface area contributed by atoms with Gasteiger partial charge in [0.05, 0.1) is 12.7 Å². The average Bonchev–Trinajstić information content (AvgIpc) is 2.85. The zero-order valence-electron chi connectivity index (χ0n) is 12.2. The lowest BCUT2D eigenvalue weighted by molar-refractivity contribution is 0.00345. The standard InChI is InChI=1S/C15H26N2OS/c1-3-9-17-10-8-16-15(17)19-12-11-18-14-7-5-4-6-13(14)2/h8,10,13-14H,3-7,9,11-12H2,1-2H3. The van der Waals surface area contributed by atoms with Crippen molar-refractivity contribution in [2.75, 3.05) is 12.4 Å². The molecule has 1 aliphatic carbocycles. The van der Waals surface area contributed by atoms with Gasteiger partial charge in [0.2, 0.25) is 0 Å². The molecule has 1 aromatic rings. The van der Waals surface area contributed by atoms with Crippen LogP contribution in [0.3, 0.4) is 0 Å². The van der Waals surface area contributed by atoms with Gasteiger partial charge < -0.3 is 9.30 Å². The van der Waals surface area contributed by atoms with Gasteiger partial charge >= 0.3 is 0 Å². The summed E-state index contributed by atoms with van der Waals surface area (Å²) < 4.78 is 8.27. The van der Waals surface area contributed by atoms with Gasteiger partial charge in [0, 0.05) is 24.7 Å². The van der Waals surface area contributed by atoms with E-state index in [1.807, 2.05) is 18.0 Å². The highest BCUT2D eigenvalue weighted by Crippen LogP contribution is 2.26. The Hall–Kier alpha value is -0.480. The summed E-state index contributed by atoms with van der Waals surface area (Å²) in [5.74, 6) is 1.74. The smallest absolute Gasteiger partial charge is 0.168 e. The van der Waals surface area contributed by atoms with Gasteiger partial charge in [-0.25, -0.2) is 4.98 Å². The molecule has 0 aromatic carbocycles. The van der Waals surface area contributed by atoms with E-state index < -0.39 is 0 Å². The van der Waals surface area contributed by atoms with Crippen LogP contribution in [-0.4, -0.2) is 28.0 Å². The molecule has 3 nitrogen and oxygen atoms in total. The molecular weight excluding hydrogens is 256 g/mol. The number of imidazole rings is 1. The van der Waals surface area contributed by atoms with E-state index in [1.54, 1.807) is 0 Å². The molecular formula is C15H26N2OS. The predicted molar refractivity (Wildman–Crippen MR) is 80.6 cm³/mol. The number of rotatable bonds is 7. The molecule has 0 spiro atoms. The van der Waals surface area contributed by atoms with Crippen LogP contribution in [0.5, 0.6) is 0 Å². The molecule has 0 amide bonds. The summed E-state index contributed by atoms with van der Waals surface area (Å²) in [6, 6.07) is 0. The Balaban J connectivity index is 1.67. The molecule has 1 saturated carbocycles. The van der Waals surface area contributed by atoms with E-state index in [0.29, 0.717) is 6.10 Å². The van der Waals surface area contributed by atoms with Gasteiger partial charge in [-0.15, -0.1) is 0 Å². The number of aryl methyl sites for hydroxylation is 1. The van der Waals surface area contributed by atoms with Crippen molar-refractivity contribution in [3.05, 3.63) is 12.4 Å². The predicted octanol–water partition coefficient (Wildman–Crippen LogP) is 3.98. The Morgan fingerprint density at radius 3 is 3.05 bits per heavy atom. The summed E-state index contributed by atoms with van der Waals surface area (Å²) in [6.45, 7) is 6.43. The SMILES string of the molecule is CCCn1ccnc1SCCOC1CCCCC1C. The van der Waals surface area contributed by atoms with Crippen LogP contribution in [-0.2, 0) is 11.3 Å². The third-order valence-electron chi connectivity index (χ3n) is 3.82. The Labute approximate surface area is 121 Å². The van der Waals surface area contributed by atoms with Crippen molar-refractivity contribution in [3.8, 4) is 0 Å². The van der Waals surface area contributed by atoms with E-state index in [0.717, 1.165) is 36.4 Å². The van der Waals surface area contributed by atoms with Crippen molar-refractivity contribution >= 4 is 11.8 Å². The summed E-state index contributed by atoms with van der Waals surface area (Å²) in [4.78, 5) is 4.40. The zero-order valence-corrected chi connectivity index (χ0v) is 13.0. The van der Waals surface area contributed by atoms with Crippen LogP contribution in [0.2, 0.25) is 0 Å². The molecule has 1 heterocycles. The van der Waals surface area contributed by atoms with Crippen LogP contribution < -0.4 is 0 Å². The van der Waals surface area contributed by atoms with Crippen molar-refractivity contribution in [3.63, 3.8) is 0 Å². The fraction of sp³-hybridized carbons (Fsp3) is 0.800. The molecule has 2 rings (SSSR count). The van der Waals surface area contributed by atoms with Crippen LogP contribution in [0, 0.1) is 5.92 Å². The Morgan fingerprint density at radius 1 is 1.42 bits per heavy atom. The molecule has 0 aliphatic heterocycles. The van der Waals surface area contributed by atoms with Crippen LogP contribution in [0.15, 0.2) is 17.6 Å². The van der Waals surface area contributed by atoms with Gasteiger partial charge in [0.1, 0.15) is 0 Å². The van der Waals surface area contributed by atoms with Crippen molar-refractivity contribution in [2.45, 2.75) is 63.8 Å². The second-order valence-electron chi connectivity index (χ2n) is 5.42. The van der Waals surface area contributed by atoms with E-state index in [-0.39, 0.29) is 0 Å². The lowest BCUT2D eigenvalue weighted by atomic mass is 9.88. The number of ether oxygens (including phenoxy) is 1. The molecule has 4 heteroatoms. The normalized spacial score (nSPS) is 23.7. The van der Waals surface area contributed by atoms with Gasteiger partial charge in [-0.3, -0.25) is 0 Å². The maximum absolute atomic E-state index is 6.04. The maximum atomic E-state index is 6.04. The first kappa shape index (κ1) is 14.9. The molecule has 2 unspecified atom stereocenters. The lowest BCUT2D eigenvalue weighted by Gasteiger charge is -2.28. The number of hydrogen-bond donors (Lipinski definition) is 0. The minimum atomic E-state index is 0.490. The second kappa shape index (κ2) is 7.95. The lowest BCUT2D eigenvalue weighted by Crippen LogP contribution is -2.26. The maximum Gasteiger partial charge on any atom is 0.168 e. The number of hydrogen-bond acceptors (Lipinski definition) is 3. The van der Waals surface area contributed by atoms with Crippen LogP contribution >= 0.6 is 11.8 Å². The third kappa shape index (κ3) is 4.53. The van der Waals surface area contributed by atoms with Gasteiger partial charge in [-0.2, -0.15) is 0 Å². The molecule has 0 radical (unpaired) electrons. The van der Waals surface area contributed by atoms with Gasteiger partial charge in [0.15, 0.2) is 5.16 Å². The van der Waals surface area contributed by atoms with Crippen molar-refractivity contribution in [2.24, 2.45) is 5.92 Å². The number of aromatic nitrogens is 2. The Bertz CT molecular complexity index is 367. The van der Waals surface area contributed by atoms with Gasteiger partial charge in [0.25, 0.3) is 0 Å². The largest absolute Gasteiger partial charge is 0.377 e. The quantitative estimate of drug-likeness (QED) is 0.559. The topological polar surface area (TPSA) is 27.1 Å². The molecule has 2 atom stereocenters. The third-order valence-corrected chi connectivity index (χ3v) is 4.79. The van der Waals surface area contributed by atoms with Crippen LogP contribution in [0.25, 0.3) is 0 Å². The minimum absolute atomic E-state index is 0.490. The highest BCUT2D eigenvalue weighted by atomic mass is 32.2. The number of thioether (sulfide) groups is 1. The summed E-state index contributed by atoms with van der Waals surface area (Å²) in [5.41, 5.74) is 0.